The van der Waals surface area contributed by atoms with Gasteiger partial charge in [-0.05, 0) is 50.0 Å². The van der Waals surface area contributed by atoms with Gasteiger partial charge in [-0.3, -0.25) is 4.79 Å². The maximum Gasteiger partial charge on any atom is 0.341 e. The number of carbonyl (C=O) groups is 3. The molecule has 0 fully saturated rings. The second-order valence-electron chi connectivity index (χ2n) is 5.99. The maximum atomic E-state index is 12.1. The Kier molecular flexibility index (Phi) is 5.75. The van der Waals surface area contributed by atoms with Crippen LogP contribution in [0.1, 0.15) is 38.7 Å². The van der Waals surface area contributed by atoms with Crippen molar-refractivity contribution < 1.29 is 28.3 Å². The summed E-state index contributed by atoms with van der Waals surface area (Å²) in [6.07, 6.45) is 5.31. The van der Waals surface area contributed by atoms with Crippen LogP contribution in [0.5, 0.6) is 0 Å². The molecule has 8 heteroatoms. The lowest BCUT2D eigenvalue weighted by molar-refractivity contribution is -0.142. The van der Waals surface area contributed by atoms with Crippen molar-refractivity contribution in [1.29, 1.82) is 0 Å². The molecule has 142 valence electrons. The third-order valence-electron chi connectivity index (χ3n) is 4.05. The molecule has 27 heavy (non-hydrogen) atoms. The molecule has 0 aliphatic heterocycles. The molecule has 7 nitrogen and oxygen atoms in total. The molecule has 0 saturated carbocycles. The number of hydrogen-bond donors (Lipinski definition) is 1. The van der Waals surface area contributed by atoms with Crippen LogP contribution in [0, 0.1) is 6.92 Å². The predicted octanol–water partition coefficient (Wildman–Crippen LogP) is 3.12. The zero-order chi connectivity index (χ0) is 19.4. The number of furan rings is 1. The average Bonchev–Trinajstić information content (AvgIpc) is 3.33. The van der Waals surface area contributed by atoms with Crippen LogP contribution >= 0.6 is 11.3 Å². The molecule has 0 aromatic carbocycles. The number of methoxy groups -OCH3 is 1. The van der Waals surface area contributed by atoms with Crippen molar-refractivity contribution in [1.82, 2.24) is 0 Å². The van der Waals surface area contributed by atoms with Crippen molar-refractivity contribution in [2.45, 2.75) is 26.2 Å². The zero-order valence-electron chi connectivity index (χ0n) is 15.0. The number of ether oxygens (including phenoxy) is 2. The van der Waals surface area contributed by atoms with Gasteiger partial charge < -0.3 is 19.2 Å². The number of hydrogen-bond acceptors (Lipinski definition) is 7. The van der Waals surface area contributed by atoms with Crippen molar-refractivity contribution in [3.8, 4) is 0 Å². The largest absolute Gasteiger partial charge is 0.465 e. The molecule has 1 N–H and O–H groups in total. The summed E-state index contributed by atoms with van der Waals surface area (Å²) in [4.78, 5) is 37.0. The zero-order valence-corrected chi connectivity index (χ0v) is 15.8. The van der Waals surface area contributed by atoms with E-state index in [0.29, 0.717) is 16.3 Å². The molecule has 0 unspecified atom stereocenters. The number of rotatable bonds is 6. The molecule has 0 atom stereocenters. The quantitative estimate of drug-likeness (QED) is 0.602. The molecule has 1 amide bonds. The molecule has 1 aliphatic rings. The third-order valence-corrected chi connectivity index (χ3v) is 5.26. The average molecular weight is 389 g/mol. The van der Waals surface area contributed by atoms with Gasteiger partial charge in [0.1, 0.15) is 16.5 Å². The number of fused-ring (bicyclic) bond motifs is 1. The van der Waals surface area contributed by atoms with E-state index in [4.69, 9.17) is 13.9 Å². The van der Waals surface area contributed by atoms with Crippen molar-refractivity contribution in [3.05, 3.63) is 45.7 Å². The van der Waals surface area contributed by atoms with Crippen LogP contribution in [0.3, 0.4) is 0 Å². The third kappa shape index (κ3) is 4.46. The van der Waals surface area contributed by atoms with Gasteiger partial charge in [-0.15, -0.1) is 11.3 Å². The van der Waals surface area contributed by atoms with Gasteiger partial charge in [-0.1, -0.05) is 0 Å². The summed E-state index contributed by atoms with van der Waals surface area (Å²) in [6, 6.07) is 3.49. The standard InChI is InChI=1S/C19H19NO6S/c1-11-6-7-12(26-11)8-9-16(22)25-10-15(21)20-18-17(19(23)24-2)13-4-3-5-14(13)27-18/h6-9H,3-5,10H2,1-2H3,(H,20,21)/b9-8+. The van der Waals surface area contributed by atoms with Gasteiger partial charge in [0.25, 0.3) is 5.91 Å². The Balaban J connectivity index is 1.57. The van der Waals surface area contributed by atoms with Gasteiger partial charge in [0, 0.05) is 11.0 Å². The highest BCUT2D eigenvalue weighted by atomic mass is 32.1. The summed E-state index contributed by atoms with van der Waals surface area (Å²) in [5.41, 5.74) is 1.35. The highest BCUT2D eigenvalue weighted by Gasteiger charge is 2.28. The molecule has 3 rings (SSSR count). The SMILES string of the molecule is COC(=O)c1c(NC(=O)COC(=O)/C=C/c2ccc(C)o2)sc2c1CCC2. The number of nitrogens with one attached hydrogen (secondary N) is 1. The Bertz CT molecular complexity index is 907. The van der Waals surface area contributed by atoms with E-state index in [0.717, 1.165) is 35.5 Å². The number of anilines is 1. The first kappa shape index (κ1) is 18.9. The molecule has 2 aromatic heterocycles. The van der Waals surface area contributed by atoms with Gasteiger partial charge in [-0.2, -0.15) is 0 Å². The van der Waals surface area contributed by atoms with Crippen LogP contribution in [0.25, 0.3) is 6.08 Å². The Morgan fingerprint density at radius 3 is 2.81 bits per heavy atom. The van der Waals surface area contributed by atoms with Crippen molar-refractivity contribution in [3.63, 3.8) is 0 Å². The molecule has 2 aromatic rings. The Labute approximate surface area is 160 Å². The van der Waals surface area contributed by atoms with Crippen LogP contribution in [-0.4, -0.2) is 31.6 Å². The first-order valence-corrected chi connectivity index (χ1v) is 9.23. The van der Waals surface area contributed by atoms with Crippen molar-refractivity contribution in [2.24, 2.45) is 0 Å². The number of amides is 1. The van der Waals surface area contributed by atoms with Gasteiger partial charge in [0.2, 0.25) is 0 Å². The summed E-state index contributed by atoms with van der Waals surface area (Å²) in [5, 5.41) is 3.09. The summed E-state index contributed by atoms with van der Waals surface area (Å²) in [5.74, 6) is -0.411. The Morgan fingerprint density at radius 1 is 1.30 bits per heavy atom. The molecule has 2 heterocycles. The summed E-state index contributed by atoms with van der Waals surface area (Å²) in [6.45, 7) is 1.34. The number of esters is 2. The normalized spacial score (nSPS) is 12.8. The van der Waals surface area contributed by atoms with Crippen LogP contribution in [0.2, 0.25) is 0 Å². The lowest BCUT2D eigenvalue weighted by atomic mass is 10.1. The van der Waals surface area contributed by atoms with E-state index in [2.05, 4.69) is 5.32 Å². The van der Waals surface area contributed by atoms with E-state index in [9.17, 15) is 14.4 Å². The molecule has 0 bridgehead atoms. The summed E-state index contributed by atoms with van der Waals surface area (Å²) < 4.78 is 15.0. The molecule has 0 saturated heterocycles. The van der Waals surface area contributed by atoms with E-state index in [1.807, 2.05) is 0 Å². The van der Waals surface area contributed by atoms with E-state index in [1.165, 1.54) is 30.6 Å². The first-order chi connectivity index (χ1) is 13.0. The maximum absolute atomic E-state index is 12.1. The molecule has 1 aliphatic carbocycles. The fraction of sp³-hybridized carbons (Fsp3) is 0.316. The van der Waals surface area contributed by atoms with Crippen LogP contribution in [0.15, 0.2) is 22.6 Å². The monoisotopic (exact) mass is 389 g/mol. The van der Waals surface area contributed by atoms with Gasteiger partial charge in [-0.25, -0.2) is 9.59 Å². The molecule has 0 radical (unpaired) electrons. The summed E-state index contributed by atoms with van der Waals surface area (Å²) in [7, 11) is 1.31. The molecule has 0 spiro atoms. The van der Waals surface area contributed by atoms with E-state index >= 15 is 0 Å². The fourth-order valence-corrected chi connectivity index (χ4v) is 4.14. The second kappa shape index (κ2) is 8.22. The predicted molar refractivity (Wildman–Crippen MR) is 99.8 cm³/mol. The highest BCUT2D eigenvalue weighted by molar-refractivity contribution is 7.17. The van der Waals surface area contributed by atoms with Crippen molar-refractivity contribution in [2.75, 3.05) is 19.0 Å². The number of thiophene rings is 1. The van der Waals surface area contributed by atoms with Crippen LogP contribution in [-0.2, 0) is 31.9 Å². The van der Waals surface area contributed by atoms with Crippen molar-refractivity contribution >= 4 is 40.3 Å². The smallest absolute Gasteiger partial charge is 0.341 e. The number of aryl methyl sites for hydroxylation is 2. The molecular formula is C19H19NO6S. The van der Waals surface area contributed by atoms with Crippen LogP contribution in [0.4, 0.5) is 5.00 Å². The molecular weight excluding hydrogens is 370 g/mol. The lowest BCUT2D eigenvalue weighted by Crippen LogP contribution is -2.21. The lowest BCUT2D eigenvalue weighted by Gasteiger charge is -2.07. The topological polar surface area (TPSA) is 94.8 Å². The van der Waals surface area contributed by atoms with Crippen LogP contribution < -0.4 is 5.32 Å². The van der Waals surface area contributed by atoms with Gasteiger partial charge in [0.15, 0.2) is 6.61 Å². The van der Waals surface area contributed by atoms with Gasteiger partial charge >= 0.3 is 11.9 Å². The Morgan fingerprint density at radius 2 is 2.11 bits per heavy atom. The summed E-state index contributed by atoms with van der Waals surface area (Å²) >= 11 is 1.37. The van der Waals surface area contributed by atoms with E-state index in [1.54, 1.807) is 19.1 Å². The van der Waals surface area contributed by atoms with E-state index in [-0.39, 0.29) is 0 Å². The fourth-order valence-electron chi connectivity index (χ4n) is 2.85. The van der Waals surface area contributed by atoms with E-state index < -0.39 is 24.5 Å². The number of carbonyl (C=O) groups excluding carboxylic acids is 3. The highest BCUT2D eigenvalue weighted by Crippen LogP contribution is 2.39. The second-order valence-corrected chi connectivity index (χ2v) is 7.10. The Hall–Kier alpha value is -2.87. The van der Waals surface area contributed by atoms with Gasteiger partial charge in [0.05, 0.1) is 12.7 Å². The minimum Gasteiger partial charge on any atom is -0.465 e. The minimum absolute atomic E-state index is 0.405. The minimum atomic E-state index is -0.666. The first-order valence-electron chi connectivity index (χ1n) is 8.42.